The molecular weight excluding hydrogens is 366 g/mol. The summed E-state index contributed by atoms with van der Waals surface area (Å²) in [6, 6.07) is 7.72. The van der Waals surface area contributed by atoms with Gasteiger partial charge in [-0.15, -0.1) is 0 Å². The molecule has 0 bridgehead atoms. The van der Waals surface area contributed by atoms with Crippen molar-refractivity contribution in [1.82, 2.24) is 20.8 Å². The average molecular weight is 392 g/mol. The maximum atomic E-state index is 9.63. The standard InChI is InChI=1S/C19H26ClN5O2/c1-2-21-19(23-15-6-8-16(26)9-7-15)22-11-10-17-24-18(25-27-17)13-4-3-5-14(20)12-13/h3-5,12,15-16,26H,2,6-11H2,1H3,(H2,21,22,23). The van der Waals surface area contributed by atoms with Gasteiger partial charge in [-0.05, 0) is 44.7 Å². The van der Waals surface area contributed by atoms with Crippen LogP contribution in [0.2, 0.25) is 5.02 Å². The summed E-state index contributed by atoms with van der Waals surface area (Å²) < 4.78 is 5.32. The Morgan fingerprint density at radius 1 is 1.33 bits per heavy atom. The average Bonchev–Trinajstić information content (AvgIpc) is 3.13. The molecule has 1 aliphatic carbocycles. The molecule has 1 aromatic heterocycles. The van der Waals surface area contributed by atoms with Crippen molar-refractivity contribution in [3.63, 3.8) is 0 Å². The number of guanidine groups is 1. The van der Waals surface area contributed by atoms with E-state index in [9.17, 15) is 5.11 Å². The van der Waals surface area contributed by atoms with E-state index in [1.165, 1.54) is 0 Å². The third kappa shape index (κ3) is 5.94. The van der Waals surface area contributed by atoms with Gasteiger partial charge < -0.3 is 20.3 Å². The van der Waals surface area contributed by atoms with Crippen LogP contribution in [-0.4, -0.2) is 46.4 Å². The zero-order valence-electron chi connectivity index (χ0n) is 15.5. The van der Waals surface area contributed by atoms with Crippen LogP contribution >= 0.6 is 11.6 Å². The smallest absolute Gasteiger partial charge is 0.228 e. The molecule has 7 nitrogen and oxygen atoms in total. The Kier molecular flexibility index (Phi) is 7.06. The molecule has 27 heavy (non-hydrogen) atoms. The molecule has 8 heteroatoms. The number of aliphatic hydroxyl groups excluding tert-OH is 1. The van der Waals surface area contributed by atoms with Gasteiger partial charge in [0.05, 0.1) is 12.6 Å². The van der Waals surface area contributed by atoms with Gasteiger partial charge in [-0.2, -0.15) is 4.98 Å². The Balaban J connectivity index is 1.54. The van der Waals surface area contributed by atoms with Crippen molar-refractivity contribution < 1.29 is 9.63 Å². The zero-order chi connectivity index (χ0) is 19.1. The Bertz CT molecular complexity index is 756. The van der Waals surface area contributed by atoms with Crippen LogP contribution in [0.3, 0.4) is 0 Å². The molecule has 0 aliphatic heterocycles. The predicted molar refractivity (Wildman–Crippen MR) is 106 cm³/mol. The maximum Gasteiger partial charge on any atom is 0.228 e. The molecule has 146 valence electrons. The van der Waals surface area contributed by atoms with Crippen LogP contribution in [0.5, 0.6) is 0 Å². The van der Waals surface area contributed by atoms with Gasteiger partial charge >= 0.3 is 0 Å². The summed E-state index contributed by atoms with van der Waals surface area (Å²) in [6.07, 6.45) is 3.99. The number of aliphatic hydroxyl groups is 1. The molecule has 0 radical (unpaired) electrons. The van der Waals surface area contributed by atoms with E-state index in [0.717, 1.165) is 43.8 Å². The van der Waals surface area contributed by atoms with Crippen LogP contribution in [0.15, 0.2) is 33.8 Å². The number of hydrogen-bond donors (Lipinski definition) is 3. The summed E-state index contributed by atoms with van der Waals surface area (Å²) in [5.74, 6) is 1.86. The zero-order valence-corrected chi connectivity index (χ0v) is 16.2. The molecule has 0 amide bonds. The molecule has 1 saturated carbocycles. The van der Waals surface area contributed by atoms with Gasteiger partial charge in [0.2, 0.25) is 11.7 Å². The highest BCUT2D eigenvalue weighted by molar-refractivity contribution is 6.30. The van der Waals surface area contributed by atoms with Crippen LogP contribution < -0.4 is 10.6 Å². The van der Waals surface area contributed by atoms with Crippen molar-refractivity contribution in [3.8, 4) is 11.4 Å². The van der Waals surface area contributed by atoms with Crippen molar-refractivity contribution in [2.75, 3.05) is 13.1 Å². The summed E-state index contributed by atoms with van der Waals surface area (Å²) >= 11 is 6.01. The fraction of sp³-hybridized carbons (Fsp3) is 0.526. The van der Waals surface area contributed by atoms with Crippen molar-refractivity contribution in [2.24, 2.45) is 4.99 Å². The molecule has 1 heterocycles. The lowest BCUT2D eigenvalue weighted by Crippen LogP contribution is -2.45. The topological polar surface area (TPSA) is 95.6 Å². The summed E-state index contributed by atoms with van der Waals surface area (Å²) in [6.45, 7) is 3.37. The third-order valence-corrected chi connectivity index (χ3v) is 4.76. The lowest BCUT2D eigenvalue weighted by atomic mass is 9.93. The van der Waals surface area contributed by atoms with E-state index in [-0.39, 0.29) is 6.10 Å². The minimum atomic E-state index is -0.159. The highest BCUT2D eigenvalue weighted by Crippen LogP contribution is 2.20. The van der Waals surface area contributed by atoms with E-state index in [0.29, 0.717) is 35.7 Å². The fourth-order valence-corrected chi connectivity index (χ4v) is 3.29. The summed E-state index contributed by atoms with van der Waals surface area (Å²) in [7, 11) is 0. The van der Waals surface area contributed by atoms with E-state index in [4.69, 9.17) is 16.1 Å². The molecule has 1 aromatic carbocycles. The molecule has 2 aromatic rings. The number of nitrogens with one attached hydrogen (secondary N) is 2. The van der Waals surface area contributed by atoms with E-state index >= 15 is 0 Å². The number of aliphatic imine (C=N–C) groups is 1. The number of rotatable bonds is 6. The quantitative estimate of drug-likeness (QED) is 0.517. The van der Waals surface area contributed by atoms with Gasteiger partial charge in [0, 0.05) is 29.6 Å². The highest BCUT2D eigenvalue weighted by atomic mass is 35.5. The molecule has 0 atom stereocenters. The van der Waals surface area contributed by atoms with Gasteiger partial charge in [0.1, 0.15) is 0 Å². The van der Waals surface area contributed by atoms with E-state index < -0.39 is 0 Å². The SMILES string of the molecule is CCNC(=NCCc1nc(-c2cccc(Cl)c2)no1)NC1CCC(O)CC1. The monoisotopic (exact) mass is 391 g/mol. The first-order valence-corrected chi connectivity index (χ1v) is 9.83. The first-order valence-electron chi connectivity index (χ1n) is 9.45. The van der Waals surface area contributed by atoms with Gasteiger partial charge in [-0.3, -0.25) is 4.99 Å². The molecule has 0 unspecified atom stereocenters. The Morgan fingerprint density at radius 2 is 2.15 bits per heavy atom. The second-order valence-electron chi connectivity index (χ2n) is 6.68. The van der Waals surface area contributed by atoms with Crippen LogP contribution in [0.1, 0.15) is 38.5 Å². The molecular formula is C19H26ClN5O2. The van der Waals surface area contributed by atoms with Crippen LogP contribution in [0.4, 0.5) is 0 Å². The van der Waals surface area contributed by atoms with E-state index in [2.05, 4.69) is 25.8 Å². The first-order chi connectivity index (χ1) is 13.1. The molecule has 1 aliphatic rings. The van der Waals surface area contributed by atoms with Crippen molar-refractivity contribution >= 4 is 17.6 Å². The number of benzene rings is 1. The first kappa shape index (κ1) is 19.6. The largest absolute Gasteiger partial charge is 0.393 e. The summed E-state index contributed by atoms with van der Waals surface area (Å²) in [5.41, 5.74) is 0.829. The molecule has 3 rings (SSSR count). The summed E-state index contributed by atoms with van der Waals surface area (Å²) in [4.78, 5) is 9.02. The molecule has 3 N–H and O–H groups in total. The number of hydrogen-bond acceptors (Lipinski definition) is 5. The van der Waals surface area contributed by atoms with E-state index in [1.54, 1.807) is 0 Å². The van der Waals surface area contributed by atoms with Gasteiger partial charge in [-0.1, -0.05) is 28.9 Å². The number of halogens is 1. The minimum absolute atomic E-state index is 0.159. The lowest BCUT2D eigenvalue weighted by molar-refractivity contribution is 0.120. The highest BCUT2D eigenvalue weighted by Gasteiger charge is 2.20. The minimum Gasteiger partial charge on any atom is -0.393 e. The van der Waals surface area contributed by atoms with E-state index in [1.807, 2.05) is 31.2 Å². The van der Waals surface area contributed by atoms with Crippen molar-refractivity contribution in [3.05, 3.63) is 35.2 Å². The second kappa shape index (κ2) is 9.71. The van der Waals surface area contributed by atoms with Gasteiger partial charge in [-0.25, -0.2) is 0 Å². The second-order valence-corrected chi connectivity index (χ2v) is 7.12. The summed E-state index contributed by atoms with van der Waals surface area (Å²) in [5, 5.41) is 21.0. The molecule has 0 saturated heterocycles. The van der Waals surface area contributed by atoms with Gasteiger partial charge in [0.25, 0.3) is 0 Å². The predicted octanol–water partition coefficient (Wildman–Crippen LogP) is 2.79. The fourth-order valence-electron chi connectivity index (χ4n) is 3.10. The molecule has 0 spiro atoms. The van der Waals surface area contributed by atoms with Crippen molar-refractivity contribution in [1.29, 1.82) is 0 Å². The Morgan fingerprint density at radius 3 is 2.89 bits per heavy atom. The lowest BCUT2D eigenvalue weighted by Gasteiger charge is -2.27. The Hall–Kier alpha value is -2.12. The normalized spacial score (nSPS) is 20.5. The number of nitrogens with zero attached hydrogens (tertiary/aromatic N) is 3. The van der Waals surface area contributed by atoms with Crippen molar-refractivity contribution in [2.45, 2.75) is 51.2 Å². The maximum absolute atomic E-state index is 9.63. The van der Waals surface area contributed by atoms with Gasteiger partial charge in [0.15, 0.2) is 5.96 Å². The van der Waals surface area contributed by atoms with Crippen LogP contribution in [-0.2, 0) is 6.42 Å². The number of aromatic nitrogens is 2. The molecule has 1 fully saturated rings. The van der Waals surface area contributed by atoms with Crippen LogP contribution in [0, 0.1) is 0 Å². The van der Waals surface area contributed by atoms with Crippen LogP contribution in [0.25, 0.3) is 11.4 Å². The third-order valence-electron chi connectivity index (χ3n) is 4.53. The Labute approximate surface area is 164 Å².